The summed E-state index contributed by atoms with van der Waals surface area (Å²) >= 11 is 0. The molecule has 0 heterocycles. The van der Waals surface area contributed by atoms with Gasteiger partial charge in [-0.05, 0) is 0 Å². The molecule has 38 valence electrons. The van der Waals surface area contributed by atoms with Crippen LogP contribution in [0, 0.1) is 0 Å². The summed E-state index contributed by atoms with van der Waals surface area (Å²) in [5.74, 6) is 0. The van der Waals surface area contributed by atoms with Gasteiger partial charge in [-0.2, -0.15) is 0 Å². The first-order valence-corrected chi connectivity index (χ1v) is 2.73. The van der Waals surface area contributed by atoms with Crippen LogP contribution in [0.1, 0.15) is 0 Å². The van der Waals surface area contributed by atoms with Gasteiger partial charge < -0.3 is 4.52 Å². The first-order valence-electron chi connectivity index (χ1n) is 1.34. The quantitative estimate of drug-likeness (QED) is 0.293. The van der Waals surface area contributed by atoms with Gasteiger partial charge >= 0.3 is 29.6 Å². The second-order valence-electron chi connectivity index (χ2n) is 0.641. The second kappa shape index (κ2) is 6.86. The van der Waals surface area contributed by atoms with Crippen LogP contribution < -0.4 is 0 Å². The van der Waals surface area contributed by atoms with E-state index in [1.807, 2.05) is 0 Å². The average Bonchev–Trinajstić information content (AvgIpc) is 1.65. The van der Waals surface area contributed by atoms with Crippen molar-refractivity contribution < 1.29 is 13.9 Å². The number of hydrogen-bond acceptors (Lipinski definition) is 3. The van der Waals surface area contributed by atoms with E-state index in [1.54, 1.807) is 0 Å². The zero-order valence-corrected chi connectivity index (χ0v) is 4.30. The van der Waals surface area contributed by atoms with Crippen LogP contribution in [-0.2, 0) is 13.9 Å². The monoisotopic (exact) mass is 132 g/mol. The average molecular weight is 132 g/mol. The zero-order chi connectivity index (χ0) is 4.99. The summed E-state index contributed by atoms with van der Waals surface area (Å²) in [6.07, 6.45) is 0. The maximum atomic E-state index is 9.78. The summed E-state index contributed by atoms with van der Waals surface area (Å²) in [5.41, 5.74) is 0. The molecule has 3 nitrogen and oxygen atoms in total. The third-order valence-electron chi connectivity index (χ3n) is 0.297. The molecule has 0 aliphatic rings. The van der Waals surface area contributed by atoms with Crippen molar-refractivity contribution in [2.75, 3.05) is 7.11 Å². The van der Waals surface area contributed by atoms with Crippen LogP contribution in [0.15, 0.2) is 0 Å². The zero-order valence-electron chi connectivity index (χ0n) is 3.30. The molecule has 7 heavy (non-hydrogen) atoms. The summed E-state index contributed by atoms with van der Waals surface area (Å²) in [7, 11) is -1.07. The van der Waals surface area contributed by atoms with Crippen molar-refractivity contribution in [2.45, 2.75) is 0 Å². The van der Waals surface area contributed by atoms with Crippen LogP contribution >= 0.6 is 8.03 Å². The third kappa shape index (κ3) is 6.86. The van der Waals surface area contributed by atoms with E-state index in [9.17, 15) is 9.36 Å². The fraction of sp³-hybridized carbons (Fsp3) is 0.500. The van der Waals surface area contributed by atoms with Crippen LogP contribution in [0.4, 0.5) is 0 Å². The van der Waals surface area contributed by atoms with Gasteiger partial charge in [-0.1, -0.05) is 0 Å². The molecular weight excluding hydrogens is 126 g/mol. The van der Waals surface area contributed by atoms with E-state index in [1.165, 1.54) is 7.11 Å². The Bertz CT molecular complexity index is 73.3. The van der Waals surface area contributed by atoms with Crippen molar-refractivity contribution in [1.29, 1.82) is 0 Å². The van der Waals surface area contributed by atoms with Crippen LogP contribution in [0.5, 0.6) is 0 Å². The molecule has 0 aromatic heterocycles. The Balaban J connectivity index is 0. The molecule has 0 radical (unpaired) electrons. The molecular formula is C2H6NaO3P. The molecule has 0 saturated carbocycles. The fourth-order valence-electron chi connectivity index (χ4n) is 0.0481. The minimum atomic E-state index is -2.30. The minimum absolute atomic E-state index is 0. The van der Waals surface area contributed by atoms with Crippen molar-refractivity contribution in [2.24, 2.45) is 0 Å². The molecule has 0 bridgehead atoms. The molecule has 0 saturated heterocycles. The molecule has 0 aliphatic heterocycles. The molecule has 0 amide bonds. The first kappa shape index (κ1) is 10.8. The summed E-state index contributed by atoms with van der Waals surface area (Å²) < 4.78 is 13.9. The van der Waals surface area contributed by atoms with Crippen molar-refractivity contribution in [3.8, 4) is 0 Å². The Morgan fingerprint density at radius 2 is 2.14 bits per heavy atom. The van der Waals surface area contributed by atoms with E-state index in [2.05, 4.69) is 4.52 Å². The molecule has 0 N–H and O–H groups in total. The van der Waals surface area contributed by atoms with Crippen molar-refractivity contribution >= 4 is 43.6 Å². The molecule has 0 aliphatic carbocycles. The van der Waals surface area contributed by atoms with Gasteiger partial charge in [0.1, 0.15) is 0 Å². The number of carbonyl (C=O) groups is 1. The predicted octanol–water partition coefficient (Wildman–Crippen LogP) is -0.351. The van der Waals surface area contributed by atoms with E-state index in [0.717, 1.165) is 0 Å². The molecule has 0 fully saturated rings. The molecule has 0 aromatic carbocycles. The van der Waals surface area contributed by atoms with Crippen LogP contribution in [-0.4, -0.2) is 42.7 Å². The van der Waals surface area contributed by atoms with E-state index in [-0.39, 0.29) is 29.6 Å². The fourth-order valence-corrected chi connectivity index (χ4v) is 0.144. The topological polar surface area (TPSA) is 43.4 Å². The summed E-state index contributed by atoms with van der Waals surface area (Å²) in [6, 6.07) is 0.296. The standard InChI is InChI=1S/C2H5O3P.Na.H/c1-5-6(4)2-3;;/h2,6H,1H3;;. The van der Waals surface area contributed by atoms with Crippen LogP contribution in [0.3, 0.4) is 0 Å². The Morgan fingerprint density at radius 1 is 1.71 bits per heavy atom. The molecule has 1 atom stereocenters. The normalized spacial score (nSPS) is 11.6. The van der Waals surface area contributed by atoms with Gasteiger partial charge in [-0.3, -0.25) is 9.36 Å². The van der Waals surface area contributed by atoms with E-state index < -0.39 is 8.03 Å². The molecule has 1 unspecified atom stereocenters. The first-order chi connectivity index (χ1) is 2.81. The van der Waals surface area contributed by atoms with Crippen molar-refractivity contribution in [3.63, 3.8) is 0 Å². The third-order valence-corrected chi connectivity index (χ3v) is 0.892. The van der Waals surface area contributed by atoms with Gasteiger partial charge in [0, 0.05) is 7.11 Å². The van der Waals surface area contributed by atoms with E-state index in [4.69, 9.17) is 0 Å². The Hall–Kier alpha value is 0.860. The van der Waals surface area contributed by atoms with Crippen LogP contribution in [0.2, 0.25) is 0 Å². The second-order valence-corrected chi connectivity index (χ2v) is 1.92. The summed E-state index contributed by atoms with van der Waals surface area (Å²) in [4.78, 5) is 9.34. The number of carbonyl (C=O) groups excluding carboxylic acids is 1. The number of rotatable bonds is 2. The summed E-state index contributed by atoms with van der Waals surface area (Å²) in [6.45, 7) is 0. The van der Waals surface area contributed by atoms with Crippen LogP contribution in [0.25, 0.3) is 0 Å². The van der Waals surface area contributed by atoms with Gasteiger partial charge in [0.15, 0.2) is 0 Å². The molecule has 0 spiro atoms. The Labute approximate surface area is 64.6 Å². The number of hydrogen-bond donors (Lipinski definition) is 0. The Morgan fingerprint density at radius 3 is 2.14 bits per heavy atom. The summed E-state index contributed by atoms with van der Waals surface area (Å²) in [5, 5.41) is 0. The van der Waals surface area contributed by atoms with Gasteiger partial charge in [-0.25, -0.2) is 0 Å². The van der Waals surface area contributed by atoms with Gasteiger partial charge in [0.25, 0.3) is 8.03 Å². The van der Waals surface area contributed by atoms with Crippen molar-refractivity contribution in [3.05, 3.63) is 0 Å². The van der Waals surface area contributed by atoms with Gasteiger partial charge in [-0.15, -0.1) is 0 Å². The SMILES string of the molecule is CO[PH](=O)C=O.[NaH]. The molecule has 5 heteroatoms. The van der Waals surface area contributed by atoms with E-state index in [0.29, 0.717) is 6.03 Å². The maximum absolute atomic E-state index is 9.78. The van der Waals surface area contributed by atoms with Crippen molar-refractivity contribution in [1.82, 2.24) is 0 Å². The molecule has 0 aromatic rings. The predicted molar refractivity (Wildman–Crippen MR) is 29.9 cm³/mol. The van der Waals surface area contributed by atoms with E-state index >= 15 is 0 Å². The van der Waals surface area contributed by atoms with Gasteiger partial charge in [0.2, 0.25) is 6.03 Å². The Kier molecular flexibility index (Phi) is 10.6. The van der Waals surface area contributed by atoms with Gasteiger partial charge in [0.05, 0.1) is 0 Å². The molecule has 0 rings (SSSR count).